The average Bonchev–Trinajstić information content (AvgIpc) is 3.28. The van der Waals surface area contributed by atoms with Crippen molar-refractivity contribution >= 4 is 17.5 Å². The monoisotopic (exact) mass is 435 g/mol. The average molecular weight is 436 g/mol. The molecule has 0 atom stereocenters. The van der Waals surface area contributed by atoms with Crippen LogP contribution in [0.2, 0.25) is 0 Å². The summed E-state index contributed by atoms with van der Waals surface area (Å²) in [6.07, 6.45) is 11.1. The van der Waals surface area contributed by atoms with Crippen LogP contribution >= 0.6 is 0 Å². The van der Waals surface area contributed by atoms with E-state index in [1.54, 1.807) is 31.5 Å². The summed E-state index contributed by atoms with van der Waals surface area (Å²) in [6.45, 7) is 12.2. The van der Waals surface area contributed by atoms with Gasteiger partial charge in [-0.05, 0) is 57.0 Å². The van der Waals surface area contributed by atoms with E-state index in [0.717, 1.165) is 28.4 Å². The first-order valence-corrected chi connectivity index (χ1v) is 11.6. The van der Waals surface area contributed by atoms with Gasteiger partial charge < -0.3 is 0 Å². The molecule has 3 rings (SSSR count). The third-order valence-electron chi connectivity index (χ3n) is 4.89. The minimum atomic E-state index is -0.270. The van der Waals surface area contributed by atoms with Crippen molar-refractivity contribution < 1.29 is 4.39 Å². The second kappa shape index (κ2) is 15.9. The van der Waals surface area contributed by atoms with Gasteiger partial charge in [0, 0.05) is 23.5 Å². The minimum Gasteiger partial charge on any atom is -0.261 e. The molecular formula is C28H38FN3. The Labute approximate surface area is 194 Å². The van der Waals surface area contributed by atoms with Gasteiger partial charge in [0.1, 0.15) is 11.6 Å². The molecule has 0 aliphatic heterocycles. The van der Waals surface area contributed by atoms with Crippen LogP contribution in [-0.2, 0) is 6.42 Å². The zero-order valence-corrected chi connectivity index (χ0v) is 20.6. The van der Waals surface area contributed by atoms with Gasteiger partial charge in [0.2, 0.25) is 0 Å². The number of benzene rings is 1. The van der Waals surface area contributed by atoms with Gasteiger partial charge in [-0.2, -0.15) is 0 Å². The van der Waals surface area contributed by atoms with Crippen molar-refractivity contribution in [1.82, 2.24) is 9.97 Å². The first-order valence-electron chi connectivity index (χ1n) is 11.6. The summed E-state index contributed by atoms with van der Waals surface area (Å²) in [4.78, 5) is 13.2. The van der Waals surface area contributed by atoms with E-state index in [0.29, 0.717) is 12.2 Å². The van der Waals surface area contributed by atoms with Gasteiger partial charge in [-0.15, -0.1) is 5.92 Å². The maximum atomic E-state index is 13.1. The highest BCUT2D eigenvalue weighted by Crippen LogP contribution is 2.26. The summed E-state index contributed by atoms with van der Waals surface area (Å²) in [5.74, 6) is 7.25. The predicted molar refractivity (Wildman–Crippen MR) is 136 cm³/mol. The molecule has 0 bridgehead atoms. The van der Waals surface area contributed by atoms with Gasteiger partial charge in [0.15, 0.2) is 0 Å². The van der Waals surface area contributed by atoms with Crippen molar-refractivity contribution in [1.29, 1.82) is 0 Å². The molecule has 1 aromatic carbocycles. The van der Waals surface area contributed by atoms with Crippen LogP contribution in [0.4, 0.5) is 4.39 Å². The minimum absolute atomic E-state index is 0.270. The van der Waals surface area contributed by atoms with Crippen LogP contribution in [-0.4, -0.2) is 16.2 Å². The maximum absolute atomic E-state index is 13.1. The van der Waals surface area contributed by atoms with Crippen LogP contribution in [0, 0.1) is 23.6 Å². The van der Waals surface area contributed by atoms with Crippen LogP contribution < -0.4 is 0 Å². The first kappa shape index (κ1) is 27.2. The summed E-state index contributed by atoms with van der Waals surface area (Å²) >= 11 is 0. The topological polar surface area (TPSA) is 38.1 Å². The fourth-order valence-corrected chi connectivity index (χ4v) is 3.24. The molecule has 4 heteroatoms. The summed E-state index contributed by atoms with van der Waals surface area (Å²) in [6, 6.07) is 8.12. The predicted octanol–water partition coefficient (Wildman–Crippen LogP) is 7.77. The zero-order chi connectivity index (χ0) is 23.8. The molecule has 1 aliphatic carbocycles. The molecule has 1 aliphatic rings. The lowest BCUT2D eigenvalue weighted by Crippen LogP contribution is -1.98. The largest absolute Gasteiger partial charge is 0.261 e. The molecule has 0 spiro atoms. The number of allylic oxidation sites excluding steroid dienone is 1. The molecule has 2 aromatic rings. The molecule has 1 aromatic heterocycles. The number of hydrogen-bond donors (Lipinski definition) is 0. The van der Waals surface area contributed by atoms with E-state index in [2.05, 4.69) is 47.6 Å². The normalized spacial score (nSPS) is 13.8. The smallest absolute Gasteiger partial charge is 0.140 e. The highest BCUT2D eigenvalue weighted by molar-refractivity contribution is 5.90. The number of halogens is 1. The number of rotatable bonds is 4. The number of nitrogens with zero attached hydrogens (tertiary/aromatic N) is 3. The molecule has 32 heavy (non-hydrogen) atoms. The molecule has 0 N–H and O–H groups in total. The Bertz CT molecular complexity index is 912. The fraction of sp³-hybridized carbons (Fsp3) is 0.464. The molecule has 0 saturated heterocycles. The molecule has 172 valence electrons. The molecule has 1 heterocycles. The van der Waals surface area contributed by atoms with Crippen LogP contribution in [0.3, 0.4) is 0 Å². The van der Waals surface area contributed by atoms with E-state index in [1.807, 2.05) is 19.9 Å². The van der Waals surface area contributed by atoms with Gasteiger partial charge >= 0.3 is 0 Å². The quantitative estimate of drug-likeness (QED) is 0.363. The molecule has 0 radical (unpaired) electrons. The van der Waals surface area contributed by atoms with Crippen molar-refractivity contribution in [2.75, 3.05) is 0 Å². The van der Waals surface area contributed by atoms with E-state index in [-0.39, 0.29) is 5.82 Å². The van der Waals surface area contributed by atoms with Crippen LogP contribution in [0.5, 0.6) is 0 Å². The maximum Gasteiger partial charge on any atom is 0.140 e. The standard InChI is InChI=1S/C19H18FN3.C6H12.C3H8/c1-4-6-7-18-22-13-12-17(23-18)14(3)19(21-5-2)15-8-10-16(20)11-9-15;1-6-4-2-3-5-6;1-3-2/h5,8-13H,7H2,1-3H3;6H,2-5H2,1H3;3H2,1-2H3/b19-14+,21-5?;;. The van der Waals surface area contributed by atoms with Crippen LogP contribution in [0.25, 0.3) is 11.3 Å². The Kier molecular flexibility index (Phi) is 13.5. The highest BCUT2D eigenvalue weighted by atomic mass is 19.1. The Hall–Kier alpha value is -2.80. The number of aliphatic imine (C=N–C) groups is 1. The lowest BCUT2D eigenvalue weighted by Gasteiger charge is -2.09. The molecule has 0 unspecified atom stereocenters. The SMILES string of the molecule is CC#CCc1nccc(/C(C)=C(/N=CC)c2ccc(F)cc2)n1.CC1CCCC1.CCC. The van der Waals surface area contributed by atoms with E-state index in [1.165, 1.54) is 44.2 Å². The molecule has 3 nitrogen and oxygen atoms in total. The van der Waals surface area contributed by atoms with Crippen molar-refractivity contribution in [3.8, 4) is 11.8 Å². The van der Waals surface area contributed by atoms with E-state index in [4.69, 9.17) is 0 Å². The van der Waals surface area contributed by atoms with Crippen molar-refractivity contribution in [3.05, 3.63) is 59.4 Å². The third-order valence-corrected chi connectivity index (χ3v) is 4.89. The lowest BCUT2D eigenvalue weighted by atomic mass is 10.0. The summed E-state index contributed by atoms with van der Waals surface area (Å²) in [5, 5.41) is 0. The zero-order valence-electron chi connectivity index (χ0n) is 20.6. The van der Waals surface area contributed by atoms with E-state index >= 15 is 0 Å². The molecule has 1 fully saturated rings. The molecular weight excluding hydrogens is 397 g/mol. The van der Waals surface area contributed by atoms with Gasteiger partial charge in [0.25, 0.3) is 0 Å². The Morgan fingerprint density at radius 3 is 2.28 bits per heavy atom. The Morgan fingerprint density at radius 2 is 1.78 bits per heavy atom. The Morgan fingerprint density at radius 1 is 1.16 bits per heavy atom. The summed E-state index contributed by atoms with van der Waals surface area (Å²) in [7, 11) is 0. The van der Waals surface area contributed by atoms with Crippen LogP contribution in [0.1, 0.15) is 90.7 Å². The van der Waals surface area contributed by atoms with Crippen molar-refractivity contribution in [3.63, 3.8) is 0 Å². The van der Waals surface area contributed by atoms with Crippen molar-refractivity contribution in [2.45, 2.75) is 80.1 Å². The molecule has 1 saturated carbocycles. The van der Waals surface area contributed by atoms with Gasteiger partial charge in [-0.25, -0.2) is 14.4 Å². The lowest BCUT2D eigenvalue weighted by molar-refractivity contribution is 0.612. The first-order chi connectivity index (χ1) is 15.5. The summed E-state index contributed by atoms with van der Waals surface area (Å²) < 4.78 is 13.1. The van der Waals surface area contributed by atoms with E-state index < -0.39 is 0 Å². The van der Waals surface area contributed by atoms with Crippen molar-refractivity contribution in [2.24, 2.45) is 10.9 Å². The number of hydrogen-bond acceptors (Lipinski definition) is 3. The van der Waals surface area contributed by atoms with Gasteiger partial charge in [-0.3, -0.25) is 4.99 Å². The highest BCUT2D eigenvalue weighted by Gasteiger charge is 2.09. The fourth-order valence-electron chi connectivity index (χ4n) is 3.24. The summed E-state index contributed by atoms with van der Waals surface area (Å²) in [5.41, 5.74) is 3.30. The second-order valence-electron chi connectivity index (χ2n) is 7.93. The van der Waals surface area contributed by atoms with E-state index in [9.17, 15) is 4.39 Å². The number of aromatic nitrogens is 2. The molecule has 0 amide bonds. The third kappa shape index (κ3) is 10.0. The van der Waals surface area contributed by atoms with Crippen LogP contribution in [0.15, 0.2) is 41.5 Å². The van der Waals surface area contributed by atoms with Gasteiger partial charge in [-0.1, -0.05) is 58.8 Å². The second-order valence-corrected chi connectivity index (χ2v) is 7.93. The van der Waals surface area contributed by atoms with Gasteiger partial charge in [0.05, 0.1) is 17.8 Å². The Balaban J connectivity index is 0.000000475.